The van der Waals surface area contributed by atoms with Crippen molar-refractivity contribution in [2.75, 3.05) is 6.61 Å². The van der Waals surface area contributed by atoms with Gasteiger partial charge < -0.3 is 14.0 Å². The predicted octanol–water partition coefficient (Wildman–Crippen LogP) is 4.16. The molecule has 2 aromatic carbocycles. The number of carbonyl (C=O) groups excluding carboxylic acids is 1. The van der Waals surface area contributed by atoms with Gasteiger partial charge in [-0.05, 0) is 31.2 Å². The van der Waals surface area contributed by atoms with Crippen LogP contribution in [0.25, 0.3) is 5.69 Å². The fourth-order valence-corrected chi connectivity index (χ4v) is 2.49. The summed E-state index contributed by atoms with van der Waals surface area (Å²) >= 11 is 0. The largest absolute Gasteiger partial charge is 0.472 e. The monoisotopic (exact) mass is 321 g/mol. The molecule has 0 aliphatic rings. The smallest absolute Gasteiger partial charge is 0.352 e. The second-order valence-electron chi connectivity index (χ2n) is 5.22. The van der Waals surface area contributed by atoms with Gasteiger partial charge in [-0.25, -0.2) is 4.79 Å². The minimum atomic E-state index is -0.803. The maximum atomic E-state index is 12.4. The second-order valence-corrected chi connectivity index (χ2v) is 5.22. The highest BCUT2D eigenvalue weighted by Crippen LogP contribution is 2.29. The van der Waals surface area contributed by atoms with Gasteiger partial charge >= 0.3 is 5.97 Å². The molecule has 0 fully saturated rings. The fraction of sp³-hybridized carbons (Fsp3) is 0.150. The van der Waals surface area contributed by atoms with Crippen LogP contribution in [0.4, 0.5) is 0 Å². The Morgan fingerprint density at radius 1 is 0.958 bits per heavy atom. The first-order chi connectivity index (χ1) is 11.8. The molecule has 1 heterocycles. The molecule has 4 nitrogen and oxygen atoms in total. The lowest BCUT2D eigenvalue weighted by Gasteiger charge is -2.20. The molecule has 1 aromatic heterocycles. The van der Waals surface area contributed by atoms with Crippen molar-refractivity contribution in [1.82, 2.24) is 4.57 Å². The predicted molar refractivity (Wildman–Crippen MR) is 92.2 cm³/mol. The Balaban J connectivity index is 1.95. The van der Waals surface area contributed by atoms with E-state index in [1.807, 2.05) is 83.7 Å². The van der Waals surface area contributed by atoms with E-state index in [0.29, 0.717) is 12.4 Å². The van der Waals surface area contributed by atoms with Crippen molar-refractivity contribution in [3.05, 3.63) is 84.7 Å². The average molecular weight is 321 g/mol. The molecule has 0 aliphatic heterocycles. The minimum Gasteiger partial charge on any atom is -0.472 e. The van der Waals surface area contributed by atoms with Gasteiger partial charge in [-0.15, -0.1) is 0 Å². The zero-order chi connectivity index (χ0) is 16.8. The van der Waals surface area contributed by atoms with Gasteiger partial charge in [0, 0.05) is 18.0 Å². The van der Waals surface area contributed by atoms with Crippen LogP contribution in [0.2, 0.25) is 0 Å². The van der Waals surface area contributed by atoms with Crippen LogP contribution in [0.3, 0.4) is 0 Å². The third-order valence-electron chi connectivity index (χ3n) is 3.60. The van der Waals surface area contributed by atoms with E-state index in [2.05, 4.69) is 0 Å². The third-order valence-corrected chi connectivity index (χ3v) is 3.60. The highest BCUT2D eigenvalue weighted by molar-refractivity contribution is 5.77. The van der Waals surface area contributed by atoms with Gasteiger partial charge in [-0.2, -0.15) is 0 Å². The normalized spacial score (nSPS) is 11.7. The van der Waals surface area contributed by atoms with Gasteiger partial charge in [-0.3, -0.25) is 0 Å². The van der Waals surface area contributed by atoms with E-state index in [0.717, 1.165) is 11.3 Å². The molecule has 0 amide bonds. The summed E-state index contributed by atoms with van der Waals surface area (Å²) in [4.78, 5) is 12.4. The topological polar surface area (TPSA) is 40.5 Å². The quantitative estimate of drug-likeness (QED) is 0.640. The van der Waals surface area contributed by atoms with Crippen LogP contribution in [0.1, 0.15) is 18.6 Å². The number of rotatable bonds is 6. The van der Waals surface area contributed by atoms with Crippen molar-refractivity contribution in [2.45, 2.75) is 13.0 Å². The summed E-state index contributed by atoms with van der Waals surface area (Å²) < 4.78 is 13.2. The van der Waals surface area contributed by atoms with Crippen LogP contribution in [-0.4, -0.2) is 17.1 Å². The number of hydrogen-bond acceptors (Lipinski definition) is 3. The van der Waals surface area contributed by atoms with Crippen molar-refractivity contribution < 1.29 is 14.3 Å². The molecule has 0 saturated carbocycles. The molecule has 3 rings (SSSR count). The molecular formula is C20H19NO3. The first kappa shape index (κ1) is 15.9. The van der Waals surface area contributed by atoms with Crippen molar-refractivity contribution in [3.8, 4) is 11.4 Å². The third kappa shape index (κ3) is 3.49. The zero-order valence-corrected chi connectivity index (χ0v) is 13.5. The van der Waals surface area contributed by atoms with E-state index in [1.165, 1.54) is 0 Å². The van der Waals surface area contributed by atoms with Crippen molar-refractivity contribution in [3.63, 3.8) is 0 Å². The first-order valence-electron chi connectivity index (χ1n) is 7.90. The highest BCUT2D eigenvalue weighted by Gasteiger charge is 2.25. The molecular weight excluding hydrogens is 302 g/mol. The molecule has 0 N–H and O–H groups in total. The van der Waals surface area contributed by atoms with Crippen molar-refractivity contribution in [1.29, 1.82) is 0 Å². The molecule has 0 radical (unpaired) electrons. The number of aromatic nitrogens is 1. The average Bonchev–Trinajstić information content (AvgIpc) is 3.15. The molecule has 0 unspecified atom stereocenters. The number of benzene rings is 2. The second kappa shape index (κ2) is 7.51. The van der Waals surface area contributed by atoms with Crippen LogP contribution in [0.5, 0.6) is 5.75 Å². The Bertz CT molecular complexity index is 782. The number of para-hydroxylation sites is 2. The summed E-state index contributed by atoms with van der Waals surface area (Å²) in [5, 5.41) is 0. The standard InChI is InChI=1S/C20H19NO3/c1-2-23-20(22)19(16-10-4-3-5-11-16)24-18-13-7-6-12-17(18)21-14-8-9-15-21/h3-15,19H,2H2,1H3/t19-/m1/s1. The van der Waals surface area contributed by atoms with Gasteiger partial charge in [0.05, 0.1) is 12.3 Å². The van der Waals surface area contributed by atoms with Crippen LogP contribution in [0, 0.1) is 0 Å². The van der Waals surface area contributed by atoms with Gasteiger partial charge in [-0.1, -0.05) is 42.5 Å². The van der Waals surface area contributed by atoms with Gasteiger partial charge in [0.15, 0.2) is 0 Å². The van der Waals surface area contributed by atoms with Gasteiger partial charge in [0.25, 0.3) is 0 Å². The van der Waals surface area contributed by atoms with Gasteiger partial charge in [0.1, 0.15) is 5.75 Å². The number of hydrogen-bond donors (Lipinski definition) is 0. The first-order valence-corrected chi connectivity index (χ1v) is 7.90. The maximum Gasteiger partial charge on any atom is 0.352 e. The summed E-state index contributed by atoms with van der Waals surface area (Å²) in [7, 11) is 0. The molecule has 4 heteroatoms. The number of nitrogens with zero attached hydrogens (tertiary/aromatic N) is 1. The molecule has 122 valence electrons. The van der Waals surface area contributed by atoms with Crippen LogP contribution in [-0.2, 0) is 9.53 Å². The number of esters is 1. The van der Waals surface area contributed by atoms with Crippen LogP contribution in [0.15, 0.2) is 79.1 Å². The molecule has 0 spiro atoms. The molecule has 3 aromatic rings. The molecule has 0 saturated heterocycles. The zero-order valence-electron chi connectivity index (χ0n) is 13.5. The Kier molecular flexibility index (Phi) is 4.96. The van der Waals surface area contributed by atoms with Crippen molar-refractivity contribution in [2.24, 2.45) is 0 Å². The Hall–Kier alpha value is -3.01. The van der Waals surface area contributed by atoms with E-state index in [-0.39, 0.29) is 0 Å². The lowest BCUT2D eigenvalue weighted by atomic mass is 10.1. The lowest BCUT2D eigenvalue weighted by molar-refractivity contribution is -0.151. The summed E-state index contributed by atoms with van der Waals surface area (Å²) in [6, 6.07) is 20.9. The molecule has 0 aliphatic carbocycles. The summed E-state index contributed by atoms with van der Waals surface area (Å²) in [5.74, 6) is 0.224. The summed E-state index contributed by atoms with van der Waals surface area (Å²) in [6.07, 6.45) is 3.07. The van der Waals surface area contributed by atoms with E-state index in [4.69, 9.17) is 9.47 Å². The van der Waals surface area contributed by atoms with Crippen LogP contribution >= 0.6 is 0 Å². The van der Waals surface area contributed by atoms with E-state index in [1.54, 1.807) is 6.92 Å². The minimum absolute atomic E-state index is 0.310. The number of ether oxygens (including phenoxy) is 2. The van der Waals surface area contributed by atoms with Gasteiger partial charge in [0.2, 0.25) is 6.10 Å². The van der Waals surface area contributed by atoms with E-state index < -0.39 is 12.1 Å². The molecule has 0 bridgehead atoms. The molecule has 1 atom stereocenters. The highest BCUT2D eigenvalue weighted by atomic mass is 16.6. The fourth-order valence-electron chi connectivity index (χ4n) is 2.49. The maximum absolute atomic E-state index is 12.4. The molecule has 24 heavy (non-hydrogen) atoms. The Morgan fingerprint density at radius 2 is 1.62 bits per heavy atom. The van der Waals surface area contributed by atoms with Crippen LogP contribution < -0.4 is 4.74 Å². The Morgan fingerprint density at radius 3 is 2.33 bits per heavy atom. The van der Waals surface area contributed by atoms with E-state index >= 15 is 0 Å². The number of carbonyl (C=O) groups is 1. The summed E-state index contributed by atoms with van der Waals surface area (Å²) in [5.41, 5.74) is 1.63. The lowest BCUT2D eigenvalue weighted by Crippen LogP contribution is -2.22. The summed E-state index contributed by atoms with van der Waals surface area (Å²) in [6.45, 7) is 2.10. The van der Waals surface area contributed by atoms with Crippen molar-refractivity contribution >= 4 is 5.97 Å². The Labute approximate surface area is 141 Å². The van der Waals surface area contributed by atoms with E-state index in [9.17, 15) is 4.79 Å². The SMILES string of the molecule is CCOC(=O)[C@H](Oc1ccccc1-n1cccc1)c1ccccc1.